The number of hydrogen-bond donors (Lipinski definition) is 1. The lowest BCUT2D eigenvalue weighted by molar-refractivity contribution is -0.143. The number of ether oxygens (including phenoxy) is 4. The Bertz CT molecular complexity index is 2580. The normalized spacial score (nSPS) is 19.8. The van der Waals surface area contributed by atoms with Crippen LogP contribution in [0.1, 0.15) is 106 Å². The predicted molar refractivity (Wildman–Crippen MR) is 264 cm³/mol. The molecule has 0 spiro atoms. The number of anilines is 1. The molecular formula is C53H69F2N5O7Si. The molecule has 2 unspecified atom stereocenters. The minimum Gasteiger partial charge on any atom is -0.481 e. The maximum Gasteiger partial charge on any atom is 0.410 e. The van der Waals surface area contributed by atoms with Crippen molar-refractivity contribution >= 4 is 47.6 Å². The number of methoxy groups -OCH3 is 1. The number of nitrogens with zero attached hydrogens (tertiary/aromatic N) is 5. The molecule has 3 aromatic carbocycles. The lowest BCUT2D eigenvalue weighted by Crippen LogP contribution is -2.57. The fourth-order valence-corrected chi connectivity index (χ4v) is 16.7. The zero-order chi connectivity index (χ0) is 48.9. The SMILES string of the molecule is COCOc1cc(-c2ccc3c(N4CC5CCC(C4)N5C(=O)OC(C)(C)C)nc(OCC4(CN5CCC(C(=O)O)CC5)CC4)nc3c2F)c2c(C#C[Si](C(C)C)(C(C)C)C(C)C)c(F)ccc2c1. The van der Waals surface area contributed by atoms with Crippen LogP contribution in [0.3, 0.4) is 0 Å². The quantitative estimate of drug-likeness (QED) is 0.0737. The van der Waals surface area contributed by atoms with E-state index in [9.17, 15) is 14.7 Å². The zero-order valence-corrected chi connectivity index (χ0v) is 42.5. The fraction of sp³-hybridized carbons (Fsp3) is 0.585. The number of halogens is 2. The Morgan fingerprint density at radius 3 is 2.15 bits per heavy atom. The molecule has 1 aromatic heterocycles. The van der Waals surface area contributed by atoms with Gasteiger partial charge in [-0.2, -0.15) is 9.97 Å². The first-order chi connectivity index (χ1) is 32.2. The number of amides is 1. The van der Waals surface area contributed by atoms with Gasteiger partial charge in [-0.15, -0.1) is 5.54 Å². The fourth-order valence-electron chi connectivity index (χ4n) is 11.4. The van der Waals surface area contributed by atoms with Crippen molar-refractivity contribution < 1.29 is 42.4 Å². The average molecular weight is 954 g/mol. The summed E-state index contributed by atoms with van der Waals surface area (Å²) in [6, 6.07) is 9.91. The number of benzene rings is 3. The average Bonchev–Trinajstić information content (AvgIpc) is 3.99. The molecule has 1 amide bonds. The third-order valence-electron chi connectivity index (χ3n) is 15.1. The van der Waals surface area contributed by atoms with Crippen LogP contribution >= 0.6 is 0 Å². The van der Waals surface area contributed by atoms with E-state index < -0.39 is 31.3 Å². The molecule has 1 N–H and O–H groups in total. The highest BCUT2D eigenvalue weighted by atomic mass is 28.3. The molecule has 1 aliphatic carbocycles. The second-order valence-corrected chi connectivity index (χ2v) is 27.3. The lowest BCUT2D eigenvalue weighted by atomic mass is 9.93. The zero-order valence-electron chi connectivity index (χ0n) is 41.5. The van der Waals surface area contributed by atoms with Crippen LogP contribution in [0.2, 0.25) is 16.6 Å². The number of carboxylic acid groups (broad SMARTS) is 1. The third-order valence-corrected chi connectivity index (χ3v) is 21.3. The second-order valence-electron chi connectivity index (χ2n) is 21.7. The van der Waals surface area contributed by atoms with E-state index in [-0.39, 0.29) is 59.0 Å². The molecule has 68 heavy (non-hydrogen) atoms. The number of rotatable bonds is 14. The van der Waals surface area contributed by atoms with E-state index in [2.05, 4.69) is 62.8 Å². The van der Waals surface area contributed by atoms with Gasteiger partial charge in [0.05, 0.1) is 30.2 Å². The number of aliphatic carboxylic acids is 1. The topological polar surface area (TPSA) is 127 Å². The first kappa shape index (κ1) is 49.4. The van der Waals surface area contributed by atoms with E-state index in [0.29, 0.717) is 95.5 Å². The van der Waals surface area contributed by atoms with Gasteiger partial charge in [-0.3, -0.25) is 9.69 Å². The highest BCUT2D eigenvalue weighted by molar-refractivity contribution is 6.90. The summed E-state index contributed by atoms with van der Waals surface area (Å²) in [6.45, 7) is 22.2. The van der Waals surface area contributed by atoms with Gasteiger partial charge in [0, 0.05) is 48.5 Å². The van der Waals surface area contributed by atoms with Gasteiger partial charge < -0.3 is 33.9 Å². The summed E-state index contributed by atoms with van der Waals surface area (Å²) in [7, 11) is -0.792. The van der Waals surface area contributed by atoms with Gasteiger partial charge in [0.1, 0.15) is 36.6 Å². The Balaban J connectivity index is 1.24. The first-order valence-corrected chi connectivity index (χ1v) is 26.7. The number of carbonyl (C=O) groups excluding carboxylic acids is 1. The number of carboxylic acids is 1. The Labute approximate surface area is 401 Å². The standard InChI is InChI=1S/C53H69F2N5O7Si/c1-32(2)68(33(3)4,34(5)6)24-19-41-44(54)16-11-36-25-39(66-31-64-10)26-43(45(36)41)40-14-15-42-47(46(40)55)56-50(65-30-53(20-21-53)29-58-22-17-35(18-23-58)49(61)62)57-48(42)59-27-37-12-13-38(28-59)60(37)51(63)67-52(7,8)9/h11,14-16,25-26,32-35,37-38H,12-13,17-18,20-23,27-31H2,1-10H3,(H,61,62). The molecule has 15 heteroatoms. The summed E-state index contributed by atoms with van der Waals surface area (Å²) in [4.78, 5) is 41.3. The maximum absolute atomic E-state index is 18.0. The molecule has 3 aliphatic heterocycles. The smallest absolute Gasteiger partial charge is 0.410 e. The monoisotopic (exact) mass is 953 g/mol. The molecule has 1 saturated carbocycles. The van der Waals surface area contributed by atoms with Gasteiger partial charge in [-0.25, -0.2) is 13.6 Å². The Kier molecular flexibility index (Phi) is 14.1. The Hall–Kier alpha value is -5.04. The van der Waals surface area contributed by atoms with Gasteiger partial charge in [0.25, 0.3) is 0 Å². The lowest BCUT2D eigenvalue weighted by Gasteiger charge is -2.42. The molecule has 4 aromatic rings. The number of fused-ring (bicyclic) bond motifs is 4. The summed E-state index contributed by atoms with van der Waals surface area (Å²) >= 11 is 0. The van der Waals surface area contributed by atoms with Gasteiger partial charge in [-0.1, -0.05) is 59.6 Å². The summed E-state index contributed by atoms with van der Waals surface area (Å²) < 4.78 is 58.1. The Morgan fingerprint density at radius 1 is 0.897 bits per heavy atom. The number of piperidine rings is 1. The van der Waals surface area contributed by atoms with Crippen LogP contribution in [0.4, 0.5) is 19.4 Å². The number of likely N-dealkylation sites (tertiary alicyclic amines) is 1. The van der Waals surface area contributed by atoms with Crippen LogP contribution in [-0.4, -0.2) is 116 Å². The van der Waals surface area contributed by atoms with Crippen molar-refractivity contribution in [3.63, 3.8) is 0 Å². The number of hydrogen-bond acceptors (Lipinski definition) is 10. The number of carbonyl (C=O) groups is 2. The number of piperazine rings is 1. The van der Waals surface area contributed by atoms with Crippen LogP contribution in [0.15, 0.2) is 36.4 Å². The highest BCUT2D eigenvalue weighted by Gasteiger charge is 2.47. The molecule has 12 nitrogen and oxygen atoms in total. The summed E-state index contributed by atoms with van der Waals surface area (Å²) in [5, 5.41) is 11.2. The number of aromatic nitrogens is 2. The van der Waals surface area contributed by atoms with E-state index in [1.165, 1.54) is 13.2 Å². The van der Waals surface area contributed by atoms with Crippen molar-refractivity contribution in [2.24, 2.45) is 11.3 Å². The molecule has 2 bridgehead atoms. The molecule has 8 rings (SSSR count). The second kappa shape index (κ2) is 19.4. The molecule has 366 valence electrons. The maximum atomic E-state index is 18.0. The minimum atomic E-state index is -2.32. The first-order valence-electron chi connectivity index (χ1n) is 24.5. The van der Waals surface area contributed by atoms with Crippen molar-refractivity contribution in [3.05, 3.63) is 53.6 Å². The van der Waals surface area contributed by atoms with Crippen LogP contribution in [0, 0.1) is 34.4 Å². The van der Waals surface area contributed by atoms with Crippen molar-refractivity contribution in [1.82, 2.24) is 19.8 Å². The van der Waals surface area contributed by atoms with E-state index in [0.717, 1.165) is 32.2 Å². The van der Waals surface area contributed by atoms with Crippen molar-refractivity contribution in [2.75, 3.05) is 58.1 Å². The van der Waals surface area contributed by atoms with Gasteiger partial charge in [0.2, 0.25) is 0 Å². The predicted octanol–water partition coefficient (Wildman–Crippen LogP) is 10.8. The Morgan fingerprint density at radius 2 is 1.56 bits per heavy atom. The molecule has 4 heterocycles. The van der Waals surface area contributed by atoms with E-state index >= 15 is 8.78 Å². The molecule has 3 saturated heterocycles. The van der Waals surface area contributed by atoms with Crippen molar-refractivity contribution in [1.29, 1.82) is 0 Å². The molecular weight excluding hydrogens is 885 g/mol. The van der Waals surface area contributed by atoms with Gasteiger partial charge in [-0.05, 0) is 124 Å². The summed E-state index contributed by atoms with van der Waals surface area (Å²) in [5.41, 5.74) is 4.69. The van der Waals surface area contributed by atoms with E-state index in [1.54, 1.807) is 24.3 Å². The van der Waals surface area contributed by atoms with Gasteiger partial charge in [0.15, 0.2) is 12.6 Å². The highest BCUT2D eigenvalue weighted by Crippen LogP contribution is 2.48. The van der Waals surface area contributed by atoms with E-state index in [1.807, 2.05) is 31.7 Å². The van der Waals surface area contributed by atoms with Crippen molar-refractivity contribution in [3.8, 4) is 34.4 Å². The van der Waals surface area contributed by atoms with Crippen LogP contribution in [0.25, 0.3) is 32.8 Å². The molecule has 0 radical (unpaired) electrons. The van der Waals surface area contributed by atoms with E-state index in [4.69, 9.17) is 28.9 Å². The molecule has 4 aliphatic rings. The summed E-state index contributed by atoms with van der Waals surface area (Å²) in [6.07, 6.45) is 4.35. The van der Waals surface area contributed by atoms with Crippen molar-refractivity contribution in [2.45, 2.75) is 135 Å². The van der Waals surface area contributed by atoms with Crippen LogP contribution in [0.5, 0.6) is 11.8 Å². The van der Waals surface area contributed by atoms with Crippen LogP contribution in [-0.2, 0) is 14.3 Å². The van der Waals surface area contributed by atoms with Crippen LogP contribution < -0.4 is 14.4 Å². The third kappa shape index (κ3) is 9.88. The summed E-state index contributed by atoms with van der Waals surface area (Å²) in [5.74, 6) is 2.13. The minimum absolute atomic E-state index is 0.0401. The molecule has 2 atom stereocenters. The molecule has 4 fully saturated rings. The van der Waals surface area contributed by atoms with Gasteiger partial charge >= 0.3 is 18.1 Å². The largest absolute Gasteiger partial charge is 0.481 e.